The first-order chi connectivity index (χ1) is 6.81. The molecule has 3 N–H and O–H groups in total. The van der Waals surface area contributed by atoms with E-state index < -0.39 is 0 Å². The molecule has 1 aromatic rings. The molecule has 2 rings (SSSR count). The van der Waals surface area contributed by atoms with E-state index in [9.17, 15) is 4.79 Å². The predicted molar refractivity (Wildman–Crippen MR) is 54.3 cm³/mol. The predicted octanol–water partition coefficient (Wildman–Crippen LogP) is 0.781. The lowest BCUT2D eigenvalue weighted by Crippen LogP contribution is -2.38. The summed E-state index contributed by atoms with van der Waals surface area (Å²) in [7, 11) is 0. The van der Waals surface area contributed by atoms with Crippen LogP contribution < -0.4 is 11.3 Å². The molecule has 1 amide bonds. The maximum absolute atomic E-state index is 11.3. The molecule has 3 heteroatoms. The molecular formula is C11H14N2O. The zero-order valence-electron chi connectivity index (χ0n) is 7.99. The summed E-state index contributed by atoms with van der Waals surface area (Å²) in [5.41, 5.74) is 4.88. The van der Waals surface area contributed by atoms with Crippen molar-refractivity contribution >= 4 is 5.91 Å². The van der Waals surface area contributed by atoms with Gasteiger partial charge in [0, 0.05) is 5.92 Å². The van der Waals surface area contributed by atoms with Crippen LogP contribution in [0.1, 0.15) is 17.5 Å². The van der Waals surface area contributed by atoms with E-state index in [1.165, 1.54) is 11.1 Å². The second-order valence-corrected chi connectivity index (χ2v) is 3.72. The van der Waals surface area contributed by atoms with Crippen molar-refractivity contribution in [1.82, 2.24) is 5.43 Å². The largest absolute Gasteiger partial charge is 0.294 e. The number of carbonyl (C=O) groups is 1. The third kappa shape index (κ3) is 1.63. The number of amides is 1. The summed E-state index contributed by atoms with van der Waals surface area (Å²) in [6, 6.07) is 8.28. The number of benzene rings is 1. The van der Waals surface area contributed by atoms with Crippen molar-refractivity contribution in [3.63, 3.8) is 0 Å². The van der Waals surface area contributed by atoms with E-state index in [4.69, 9.17) is 5.84 Å². The van der Waals surface area contributed by atoms with Crippen LogP contribution in [0.2, 0.25) is 0 Å². The SMILES string of the molecule is NNC(=O)C1CCc2ccccc2C1. The zero-order valence-corrected chi connectivity index (χ0v) is 7.99. The van der Waals surface area contributed by atoms with Crippen molar-refractivity contribution < 1.29 is 4.79 Å². The van der Waals surface area contributed by atoms with Crippen LogP contribution in [0.5, 0.6) is 0 Å². The van der Waals surface area contributed by atoms with E-state index in [-0.39, 0.29) is 11.8 Å². The average Bonchev–Trinajstić information content (AvgIpc) is 2.27. The van der Waals surface area contributed by atoms with E-state index in [2.05, 4.69) is 17.6 Å². The molecule has 0 spiro atoms. The van der Waals surface area contributed by atoms with Crippen LogP contribution >= 0.6 is 0 Å². The molecule has 1 aliphatic carbocycles. The molecule has 0 aromatic heterocycles. The van der Waals surface area contributed by atoms with Gasteiger partial charge in [-0.2, -0.15) is 0 Å². The number of carbonyl (C=O) groups excluding carboxylic acids is 1. The maximum Gasteiger partial charge on any atom is 0.237 e. The molecule has 74 valence electrons. The Morgan fingerprint density at radius 2 is 2.07 bits per heavy atom. The van der Waals surface area contributed by atoms with Gasteiger partial charge in [0.15, 0.2) is 0 Å². The number of hydrogen-bond acceptors (Lipinski definition) is 2. The van der Waals surface area contributed by atoms with Gasteiger partial charge in [-0.1, -0.05) is 24.3 Å². The van der Waals surface area contributed by atoms with Gasteiger partial charge in [0.2, 0.25) is 5.91 Å². The van der Waals surface area contributed by atoms with Gasteiger partial charge in [-0.25, -0.2) is 5.84 Å². The van der Waals surface area contributed by atoms with E-state index >= 15 is 0 Å². The van der Waals surface area contributed by atoms with Crippen molar-refractivity contribution in [2.24, 2.45) is 11.8 Å². The van der Waals surface area contributed by atoms with Crippen molar-refractivity contribution in [3.05, 3.63) is 35.4 Å². The molecular weight excluding hydrogens is 176 g/mol. The Bertz CT molecular complexity index is 349. The van der Waals surface area contributed by atoms with Crippen molar-refractivity contribution in [3.8, 4) is 0 Å². The van der Waals surface area contributed by atoms with Crippen LogP contribution in [0.4, 0.5) is 0 Å². The lowest BCUT2D eigenvalue weighted by molar-refractivity contribution is -0.125. The van der Waals surface area contributed by atoms with Crippen LogP contribution in [0.15, 0.2) is 24.3 Å². The van der Waals surface area contributed by atoms with E-state index in [1.807, 2.05) is 12.1 Å². The lowest BCUT2D eigenvalue weighted by atomic mass is 9.83. The van der Waals surface area contributed by atoms with Gasteiger partial charge in [0.05, 0.1) is 0 Å². The van der Waals surface area contributed by atoms with Crippen LogP contribution in [-0.4, -0.2) is 5.91 Å². The minimum absolute atomic E-state index is 0.0421. The molecule has 0 heterocycles. The molecule has 0 bridgehead atoms. The molecule has 1 aliphatic rings. The Kier molecular flexibility index (Phi) is 2.50. The third-order valence-corrected chi connectivity index (χ3v) is 2.86. The summed E-state index contributed by atoms with van der Waals surface area (Å²) >= 11 is 0. The highest BCUT2D eigenvalue weighted by Crippen LogP contribution is 2.25. The van der Waals surface area contributed by atoms with Gasteiger partial charge >= 0.3 is 0 Å². The maximum atomic E-state index is 11.3. The molecule has 3 nitrogen and oxygen atoms in total. The average molecular weight is 190 g/mol. The first-order valence-electron chi connectivity index (χ1n) is 4.88. The smallest absolute Gasteiger partial charge is 0.237 e. The topological polar surface area (TPSA) is 55.1 Å². The van der Waals surface area contributed by atoms with Crippen molar-refractivity contribution in [2.45, 2.75) is 19.3 Å². The fourth-order valence-electron chi connectivity index (χ4n) is 2.04. The van der Waals surface area contributed by atoms with Crippen LogP contribution in [0, 0.1) is 5.92 Å². The van der Waals surface area contributed by atoms with E-state index in [1.54, 1.807) is 0 Å². The Balaban J connectivity index is 2.17. The van der Waals surface area contributed by atoms with Gasteiger partial charge in [0.25, 0.3) is 0 Å². The number of nitrogens with two attached hydrogens (primary N) is 1. The van der Waals surface area contributed by atoms with Gasteiger partial charge in [0.1, 0.15) is 0 Å². The van der Waals surface area contributed by atoms with Crippen molar-refractivity contribution in [1.29, 1.82) is 0 Å². The Morgan fingerprint density at radius 1 is 1.36 bits per heavy atom. The van der Waals surface area contributed by atoms with E-state index in [0.29, 0.717) is 0 Å². The standard InChI is InChI=1S/C11H14N2O/c12-13-11(14)10-6-5-8-3-1-2-4-9(8)7-10/h1-4,10H,5-7,12H2,(H,13,14). The van der Waals surface area contributed by atoms with Gasteiger partial charge < -0.3 is 0 Å². The van der Waals surface area contributed by atoms with Crippen LogP contribution in [-0.2, 0) is 17.6 Å². The Morgan fingerprint density at radius 3 is 2.79 bits per heavy atom. The molecule has 0 aliphatic heterocycles. The molecule has 1 atom stereocenters. The number of fused-ring (bicyclic) bond motifs is 1. The van der Waals surface area contributed by atoms with Crippen molar-refractivity contribution in [2.75, 3.05) is 0 Å². The Hall–Kier alpha value is -1.35. The first-order valence-corrected chi connectivity index (χ1v) is 4.88. The first kappa shape index (κ1) is 9.21. The summed E-state index contributed by atoms with van der Waals surface area (Å²) in [6.07, 6.45) is 2.70. The van der Waals surface area contributed by atoms with Crippen LogP contribution in [0.25, 0.3) is 0 Å². The van der Waals surface area contributed by atoms with E-state index in [0.717, 1.165) is 19.3 Å². The summed E-state index contributed by atoms with van der Waals surface area (Å²) in [5, 5.41) is 0. The molecule has 1 unspecified atom stereocenters. The lowest BCUT2D eigenvalue weighted by Gasteiger charge is -2.22. The number of rotatable bonds is 1. The van der Waals surface area contributed by atoms with Gasteiger partial charge in [-0.3, -0.25) is 10.2 Å². The number of nitrogens with one attached hydrogen (secondary N) is 1. The highest BCUT2D eigenvalue weighted by Gasteiger charge is 2.23. The second kappa shape index (κ2) is 3.80. The number of aryl methyl sites for hydroxylation is 1. The molecule has 1 aromatic carbocycles. The zero-order chi connectivity index (χ0) is 9.97. The molecule has 0 saturated heterocycles. The summed E-state index contributed by atoms with van der Waals surface area (Å²) in [4.78, 5) is 11.3. The summed E-state index contributed by atoms with van der Waals surface area (Å²) in [6.45, 7) is 0. The summed E-state index contributed by atoms with van der Waals surface area (Å²) < 4.78 is 0. The molecule has 0 radical (unpaired) electrons. The van der Waals surface area contributed by atoms with Gasteiger partial charge in [-0.05, 0) is 30.4 Å². The molecule has 0 fully saturated rings. The van der Waals surface area contributed by atoms with Crippen LogP contribution in [0.3, 0.4) is 0 Å². The normalized spacial score (nSPS) is 19.9. The Labute approximate surface area is 83.3 Å². The fourth-order valence-corrected chi connectivity index (χ4v) is 2.04. The summed E-state index contributed by atoms with van der Waals surface area (Å²) in [5.74, 6) is 5.13. The monoisotopic (exact) mass is 190 g/mol. The number of hydrazine groups is 1. The third-order valence-electron chi connectivity index (χ3n) is 2.86. The molecule has 14 heavy (non-hydrogen) atoms. The fraction of sp³-hybridized carbons (Fsp3) is 0.364. The highest BCUT2D eigenvalue weighted by atomic mass is 16.2. The van der Waals surface area contributed by atoms with Gasteiger partial charge in [-0.15, -0.1) is 0 Å². The number of hydrogen-bond donors (Lipinski definition) is 2. The minimum atomic E-state index is -0.0421. The highest BCUT2D eigenvalue weighted by molar-refractivity contribution is 5.78. The minimum Gasteiger partial charge on any atom is -0.294 e. The quantitative estimate of drug-likeness (QED) is 0.390. The second-order valence-electron chi connectivity index (χ2n) is 3.72. The molecule has 0 saturated carbocycles.